The second-order valence-electron chi connectivity index (χ2n) is 3.83. The van der Waals surface area contributed by atoms with Crippen molar-refractivity contribution in [3.05, 3.63) is 54.8 Å². The molecule has 0 spiro atoms. The lowest BCUT2D eigenvalue weighted by atomic mass is 10.3. The summed E-state index contributed by atoms with van der Waals surface area (Å²) in [5.74, 6) is 0.747. The second-order valence-corrected chi connectivity index (χ2v) is 3.83. The largest absolute Gasteiger partial charge is 0.509 e. The summed E-state index contributed by atoms with van der Waals surface area (Å²) < 4.78 is 9.90. The van der Waals surface area contributed by atoms with E-state index in [0.717, 1.165) is 5.75 Å². The summed E-state index contributed by atoms with van der Waals surface area (Å²) in [6, 6.07) is 9.53. The fourth-order valence-electron chi connectivity index (χ4n) is 1.22. The fourth-order valence-corrected chi connectivity index (χ4v) is 1.22. The van der Waals surface area contributed by atoms with Gasteiger partial charge in [0.1, 0.15) is 11.5 Å². The van der Waals surface area contributed by atoms with E-state index in [1.54, 1.807) is 6.08 Å². The van der Waals surface area contributed by atoms with Crippen molar-refractivity contribution in [2.75, 3.05) is 13.7 Å². The molecule has 1 rings (SSSR count). The summed E-state index contributed by atoms with van der Waals surface area (Å²) in [6.45, 7) is 9.58. The monoisotopic (exact) mass is 308 g/mol. The molecule has 4 nitrogen and oxygen atoms in total. The molecule has 0 aliphatic rings. The average Bonchev–Trinajstić information content (AvgIpc) is 2.54. The number of allylic oxidation sites excluding steroid dienone is 2. The van der Waals surface area contributed by atoms with Crippen molar-refractivity contribution >= 4 is 5.97 Å². The summed E-state index contributed by atoms with van der Waals surface area (Å²) in [6.07, 6.45) is 4.34. The van der Waals surface area contributed by atoms with Gasteiger partial charge in [0, 0.05) is 6.42 Å². The van der Waals surface area contributed by atoms with E-state index >= 15 is 0 Å². The highest BCUT2D eigenvalue weighted by molar-refractivity contribution is 5.68. The van der Waals surface area contributed by atoms with Gasteiger partial charge in [0.2, 0.25) is 0 Å². The molecule has 0 aliphatic heterocycles. The third-order valence-electron chi connectivity index (χ3n) is 2.12. The Balaban J connectivity index is 0. The van der Waals surface area contributed by atoms with Gasteiger partial charge in [-0.3, -0.25) is 4.79 Å². The van der Waals surface area contributed by atoms with Crippen LogP contribution < -0.4 is 4.74 Å². The standard InChI is InChI=1S/C11H14O3.C5H8O.C2H6/c1-13-11(12)8-5-9-14-10-6-3-2-4-7-10;1-3-4-5(2)6;1-2/h2-4,6-7H,5,8-9H2,1H3;3-4,6H,2H2,1H3;1-2H3/b;4-3-;. The van der Waals surface area contributed by atoms with Crippen LogP contribution in [0.2, 0.25) is 0 Å². The van der Waals surface area contributed by atoms with Gasteiger partial charge in [0.15, 0.2) is 0 Å². The Labute approximate surface area is 134 Å². The van der Waals surface area contributed by atoms with Crippen LogP contribution in [0, 0.1) is 0 Å². The van der Waals surface area contributed by atoms with E-state index in [-0.39, 0.29) is 11.7 Å². The highest BCUT2D eigenvalue weighted by atomic mass is 16.5. The average molecular weight is 308 g/mol. The summed E-state index contributed by atoms with van der Waals surface area (Å²) in [7, 11) is 1.39. The maximum absolute atomic E-state index is 10.7. The number of ether oxygens (including phenoxy) is 2. The molecule has 0 bridgehead atoms. The maximum Gasteiger partial charge on any atom is 0.305 e. The van der Waals surface area contributed by atoms with Crippen molar-refractivity contribution in [2.24, 2.45) is 0 Å². The molecule has 124 valence electrons. The molecule has 0 saturated heterocycles. The number of benzene rings is 1. The number of rotatable bonds is 6. The summed E-state index contributed by atoms with van der Waals surface area (Å²) in [5.41, 5.74) is 0. The Bertz CT molecular complexity index is 410. The summed E-state index contributed by atoms with van der Waals surface area (Å²) in [4.78, 5) is 10.7. The van der Waals surface area contributed by atoms with Crippen LogP contribution in [-0.2, 0) is 9.53 Å². The lowest BCUT2D eigenvalue weighted by molar-refractivity contribution is -0.140. The minimum atomic E-state index is -0.193. The van der Waals surface area contributed by atoms with E-state index in [2.05, 4.69) is 11.3 Å². The van der Waals surface area contributed by atoms with E-state index in [1.807, 2.05) is 51.1 Å². The van der Waals surface area contributed by atoms with Crippen LogP contribution in [0.5, 0.6) is 5.75 Å². The van der Waals surface area contributed by atoms with E-state index < -0.39 is 0 Å². The minimum absolute atomic E-state index is 0.109. The molecule has 1 aromatic rings. The van der Waals surface area contributed by atoms with E-state index in [9.17, 15) is 4.79 Å². The molecule has 0 aliphatic carbocycles. The molecule has 4 heteroatoms. The molecule has 0 aromatic heterocycles. The van der Waals surface area contributed by atoms with Crippen molar-refractivity contribution in [1.29, 1.82) is 0 Å². The van der Waals surface area contributed by atoms with Gasteiger partial charge in [0.25, 0.3) is 0 Å². The zero-order chi connectivity index (χ0) is 17.2. The third-order valence-corrected chi connectivity index (χ3v) is 2.12. The van der Waals surface area contributed by atoms with Crippen molar-refractivity contribution in [1.82, 2.24) is 0 Å². The zero-order valence-electron chi connectivity index (χ0n) is 14.0. The number of aliphatic hydroxyl groups excluding tert-OH is 1. The molecule has 1 aromatic carbocycles. The summed E-state index contributed by atoms with van der Waals surface area (Å²) >= 11 is 0. The first-order chi connectivity index (χ1) is 10.6. The zero-order valence-corrected chi connectivity index (χ0v) is 14.0. The van der Waals surface area contributed by atoms with Crippen molar-refractivity contribution in [3.63, 3.8) is 0 Å². The van der Waals surface area contributed by atoms with Crippen LogP contribution in [0.15, 0.2) is 54.8 Å². The molecular formula is C18H28O4. The lowest BCUT2D eigenvalue weighted by Crippen LogP contribution is -2.04. The molecular weight excluding hydrogens is 280 g/mol. The van der Waals surface area contributed by atoms with Crippen LogP contribution in [0.4, 0.5) is 0 Å². The number of hydrogen-bond donors (Lipinski definition) is 1. The lowest BCUT2D eigenvalue weighted by Gasteiger charge is -2.04. The fraction of sp³-hybridized carbons (Fsp3) is 0.389. The van der Waals surface area contributed by atoms with Gasteiger partial charge < -0.3 is 14.6 Å². The summed E-state index contributed by atoms with van der Waals surface area (Å²) in [5, 5.41) is 8.27. The van der Waals surface area contributed by atoms with Crippen molar-refractivity contribution in [2.45, 2.75) is 33.6 Å². The van der Waals surface area contributed by atoms with Gasteiger partial charge in [-0.05, 0) is 31.6 Å². The van der Waals surface area contributed by atoms with Crippen molar-refractivity contribution < 1.29 is 19.4 Å². The Kier molecular flexibility index (Phi) is 16.9. The highest BCUT2D eigenvalue weighted by Crippen LogP contribution is 2.08. The number of methoxy groups -OCH3 is 1. The van der Waals surface area contributed by atoms with Crippen LogP contribution in [0.3, 0.4) is 0 Å². The minimum Gasteiger partial charge on any atom is -0.509 e. The Morgan fingerprint density at radius 3 is 2.27 bits per heavy atom. The van der Waals surface area contributed by atoms with Crippen LogP contribution in [-0.4, -0.2) is 24.8 Å². The van der Waals surface area contributed by atoms with Gasteiger partial charge in [-0.25, -0.2) is 0 Å². The van der Waals surface area contributed by atoms with Crippen LogP contribution in [0.25, 0.3) is 0 Å². The molecule has 0 unspecified atom stereocenters. The number of hydrogen-bond acceptors (Lipinski definition) is 4. The Hall–Kier alpha value is -2.23. The first-order valence-electron chi connectivity index (χ1n) is 7.35. The quantitative estimate of drug-likeness (QED) is 0.359. The molecule has 0 heterocycles. The molecule has 0 atom stereocenters. The van der Waals surface area contributed by atoms with Gasteiger partial charge in [-0.15, -0.1) is 0 Å². The van der Waals surface area contributed by atoms with Crippen LogP contribution in [0.1, 0.15) is 33.6 Å². The Morgan fingerprint density at radius 1 is 1.27 bits per heavy atom. The normalized spacial score (nSPS) is 8.91. The second kappa shape index (κ2) is 16.8. The highest BCUT2D eigenvalue weighted by Gasteiger charge is 1.99. The molecule has 0 amide bonds. The SMILES string of the molecule is C=C(O)/C=C\C.CC.COC(=O)CCCOc1ccccc1. The first kappa shape index (κ1) is 22.1. The van der Waals surface area contributed by atoms with E-state index in [0.29, 0.717) is 19.4 Å². The topological polar surface area (TPSA) is 55.8 Å². The smallest absolute Gasteiger partial charge is 0.305 e. The predicted octanol–water partition coefficient (Wildman–Crippen LogP) is 4.68. The number of para-hydroxylation sites is 1. The van der Waals surface area contributed by atoms with Gasteiger partial charge in [-0.1, -0.05) is 44.7 Å². The number of esters is 1. The number of carbonyl (C=O) groups excluding carboxylic acids is 1. The maximum atomic E-state index is 10.7. The Morgan fingerprint density at radius 2 is 1.86 bits per heavy atom. The molecule has 0 saturated carbocycles. The molecule has 0 radical (unpaired) electrons. The van der Waals surface area contributed by atoms with Crippen LogP contribution >= 0.6 is 0 Å². The molecule has 0 fully saturated rings. The van der Waals surface area contributed by atoms with Crippen molar-refractivity contribution in [3.8, 4) is 5.75 Å². The predicted molar refractivity (Wildman–Crippen MR) is 91.1 cm³/mol. The first-order valence-corrected chi connectivity index (χ1v) is 7.35. The number of aliphatic hydroxyl groups is 1. The van der Waals surface area contributed by atoms with Gasteiger partial charge in [-0.2, -0.15) is 0 Å². The molecule has 22 heavy (non-hydrogen) atoms. The van der Waals surface area contributed by atoms with E-state index in [1.165, 1.54) is 13.2 Å². The van der Waals surface area contributed by atoms with Gasteiger partial charge >= 0.3 is 5.97 Å². The number of carbonyl (C=O) groups is 1. The molecule has 1 N–H and O–H groups in total. The third kappa shape index (κ3) is 15.8. The van der Waals surface area contributed by atoms with Gasteiger partial charge in [0.05, 0.1) is 13.7 Å². The van der Waals surface area contributed by atoms with E-state index in [4.69, 9.17) is 9.84 Å².